The van der Waals surface area contributed by atoms with Crippen LogP contribution in [-0.2, 0) is 22.5 Å². The van der Waals surface area contributed by atoms with Crippen LogP contribution in [0.2, 0.25) is 0 Å². The van der Waals surface area contributed by atoms with Gasteiger partial charge >= 0.3 is 11.7 Å². The minimum absolute atomic E-state index is 0.150. The molecule has 0 atom stereocenters. The van der Waals surface area contributed by atoms with Crippen LogP contribution in [0.25, 0.3) is 11.0 Å². The van der Waals surface area contributed by atoms with Crippen molar-refractivity contribution in [3.8, 4) is 0 Å². The summed E-state index contributed by atoms with van der Waals surface area (Å²) in [6.07, 6.45) is 0.150. The van der Waals surface area contributed by atoms with E-state index in [2.05, 4.69) is 4.98 Å². The van der Waals surface area contributed by atoms with Crippen LogP contribution in [0.1, 0.15) is 18.1 Å². The molecule has 1 aromatic heterocycles. The number of imidazole rings is 1. The first-order valence-corrected chi connectivity index (χ1v) is 7.59. The van der Waals surface area contributed by atoms with Gasteiger partial charge in [-0.2, -0.15) is 0 Å². The number of fused-ring (bicyclic) bond motifs is 1. The summed E-state index contributed by atoms with van der Waals surface area (Å²) in [5.74, 6) is -0.292. The van der Waals surface area contributed by atoms with E-state index in [-0.39, 0.29) is 18.1 Å². The lowest BCUT2D eigenvalue weighted by atomic mass is 10.1. The summed E-state index contributed by atoms with van der Waals surface area (Å²) in [5, 5.41) is 0. The fourth-order valence-electron chi connectivity index (χ4n) is 2.72. The van der Waals surface area contributed by atoms with Gasteiger partial charge in [0.1, 0.15) is 0 Å². The molecule has 3 rings (SSSR count). The number of esters is 1. The monoisotopic (exact) mass is 310 g/mol. The minimum atomic E-state index is -0.292. The Kier molecular flexibility index (Phi) is 4.28. The Morgan fingerprint density at radius 1 is 1.13 bits per heavy atom. The lowest BCUT2D eigenvalue weighted by Crippen LogP contribution is -2.18. The largest absolute Gasteiger partial charge is 0.466 e. The van der Waals surface area contributed by atoms with Crippen molar-refractivity contribution in [3.63, 3.8) is 0 Å². The van der Waals surface area contributed by atoms with E-state index in [1.807, 2.05) is 48.5 Å². The highest BCUT2D eigenvalue weighted by atomic mass is 16.5. The highest BCUT2D eigenvalue weighted by Gasteiger charge is 2.14. The molecule has 0 aliphatic heterocycles. The highest BCUT2D eigenvalue weighted by molar-refractivity contribution is 5.84. The van der Waals surface area contributed by atoms with Crippen LogP contribution < -0.4 is 5.69 Å². The Bertz CT molecular complexity index is 878. The van der Waals surface area contributed by atoms with Crippen molar-refractivity contribution in [3.05, 3.63) is 70.1 Å². The molecule has 0 saturated carbocycles. The van der Waals surface area contributed by atoms with E-state index in [4.69, 9.17) is 4.74 Å². The van der Waals surface area contributed by atoms with Crippen molar-refractivity contribution in [2.45, 2.75) is 19.9 Å². The van der Waals surface area contributed by atoms with Gasteiger partial charge in [0.2, 0.25) is 0 Å². The quantitative estimate of drug-likeness (QED) is 0.736. The number of hydrogen-bond donors (Lipinski definition) is 1. The third-order valence-corrected chi connectivity index (χ3v) is 3.70. The predicted octanol–water partition coefficient (Wildman–Crippen LogP) is 2.48. The van der Waals surface area contributed by atoms with Crippen molar-refractivity contribution in [1.82, 2.24) is 9.55 Å². The average Bonchev–Trinajstić information content (AvgIpc) is 2.85. The van der Waals surface area contributed by atoms with Gasteiger partial charge in [-0.15, -0.1) is 0 Å². The molecular formula is C18H18N2O3. The summed E-state index contributed by atoms with van der Waals surface area (Å²) in [6, 6.07) is 15.3. The number of benzene rings is 2. The van der Waals surface area contributed by atoms with E-state index < -0.39 is 0 Å². The van der Waals surface area contributed by atoms with Crippen molar-refractivity contribution < 1.29 is 9.53 Å². The normalized spacial score (nSPS) is 10.8. The maximum atomic E-state index is 12.3. The second-order valence-electron chi connectivity index (χ2n) is 5.30. The number of carbonyl (C=O) groups excluding carboxylic acids is 1. The number of carbonyl (C=O) groups is 1. The number of hydrogen-bond acceptors (Lipinski definition) is 3. The number of aromatic amines is 1. The molecule has 0 spiro atoms. The molecule has 0 radical (unpaired) electrons. The predicted molar refractivity (Wildman–Crippen MR) is 88.4 cm³/mol. The molecule has 0 aliphatic carbocycles. The number of para-hydroxylation sites is 1. The van der Waals surface area contributed by atoms with Gasteiger partial charge in [-0.05, 0) is 24.1 Å². The fourth-order valence-corrected chi connectivity index (χ4v) is 2.72. The number of rotatable bonds is 5. The molecule has 0 aliphatic rings. The fraction of sp³-hybridized carbons (Fsp3) is 0.222. The van der Waals surface area contributed by atoms with E-state index >= 15 is 0 Å². The first-order valence-electron chi connectivity index (χ1n) is 7.59. The van der Waals surface area contributed by atoms with Crippen molar-refractivity contribution >= 4 is 17.0 Å². The van der Waals surface area contributed by atoms with E-state index in [1.54, 1.807) is 11.5 Å². The van der Waals surface area contributed by atoms with E-state index in [1.165, 1.54) is 0 Å². The maximum absolute atomic E-state index is 12.3. The summed E-state index contributed by atoms with van der Waals surface area (Å²) in [4.78, 5) is 27.0. The van der Waals surface area contributed by atoms with Crippen molar-refractivity contribution in [2.75, 3.05) is 6.61 Å². The zero-order valence-corrected chi connectivity index (χ0v) is 12.9. The van der Waals surface area contributed by atoms with Crippen LogP contribution in [-0.4, -0.2) is 22.1 Å². The molecule has 2 aromatic carbocycles. The molecule has 0 unspecified atom stereocenters. The van der Waals surface area contributed by atoms with Crippen molar-refractivity contribution in [2.24, 2.45) is 0 Å². The maximum Gasteiger partial charge on any atom is 0.326 e. The van der Waals surface area contributed by atoms with E-state index in [0.29, 0.717) is 13.2 Å². The Morgan fingerprint density at radius 2 is 1.91 bits per heavy atom. The van der Waals surface area contributed by atoms with Crippen LogP contribution in [0.15, 0.2) is 53.3 Å². The number of ether oxygens (including phenoxy) is 1. The number of aromatic nitrogens is 2. The molecule has 1 heterocycles. The lowest BCUT2D eigenvalue weighted by Gasteiger charge is -2.08. The Labute approximate surface area is 133 Å². The molecule has 118 valence electrons. The number of H-pyrrole nitrogens is 1. The minimum Gasteiger partial charge on any atom is -0.466 e. The van der Waals surface area contributed by atoms with E-state index in [9.17, 15) is 9.59 Å². The van der Waals surface area contributed by atoms with E-state index in [0.717, 1.165) is 22.2 Å². The van der Waals surface area contributed by atoms with Gasteiger partial charge in [0, 0.05) is 0 Å². The molecule has 0 fully saturated rings. The second-order valence-corrected chi connectivity index (χ2v) is 5.30. The van der Waals surface area contributed by atoms with Gasteiger partial charge in [-0.25, -0.2) is 4.79 Å². The molecule has 5 nitrogen and oxygen atoms in total. The third-order valence-electron chi connectivity index (χ3n) is 3.70. The third kappa shape index (κ3) is 3.18. The summed E-state index contributed by atoms with van der Waals surface area (Å²) in [6.45, 7) is 2.58. The van der Waals surface area contributed by atoms with Gasteiger partial charge in [0.25, 0.3) is 0 Å². The Balaban J connectivity index is 2.05. The zero-order chi connectivity index (χ0) is 16.2. The zero-order valence-electron chi connectivity index (χ0n) is 12.9. The summed E-state index contributed by atoms with van der Waals surface area (Å²) in [7, 11) is 0. The highest BCUT2D eigenvalue weighted by Crippen LogP contribution is 2.18. The first-order chi connectivity index (χ1) is 11.2. The number of nitrogens with zero attached hydrogens (tertiary/aromatic N) is 1. The van der Waals surface area contributed by atoms with Crippen LogP contribution in [0.4, 0.5) is 0 Å². The SMILES string of the molecule is CCOC(=O)Cc1cccc2[nH]c(=O)n(Cc3ccccc3)c12. The van der Waals surface area contributed by atoms with Gasteiger partial charge in [0.05, 0.1) is 30.6 Å². The molecule has 3 aromatic rings. The van der Waals surface area contributed by atoms with Gasteiger partial charge in [-0.3, -0.25) is 9.36 Å². The smallest absolute Gasteiger partial charge is 0.326 e. The summed E-state index contributed by atoms with van der Waals surface area (Å²) >= 11 is 0. The average molecular weight is 310 g/mol. The number of nitrogens with one attached hydrogen (secondary N) is 1. The molecule has 0 bridgehead atoms. The second kappa shape index (κ2) is 6.52. The molecule has 0 amide bonds. The summed E-state index contributed by atoms with van der Waals surface area (Å²) in [5.41, 5.74) is 3.12. The van der Waals surface area contributed by atoms with Crippen LogP contribution in [0.3, 0.4) is 0 Å². The topological polar surface area (TPSA) is 64.1 Å². The molecular weight excluding hydrogens is 292 g/mol. The van der Waals surface area contributed by atoms with Gasteiger partial charge < -0.3 is 9.72 Å². The molecule has 0 saturated heterocycles. The molecule has 1 N–H and O–H groups in total. The summed E-state index contributed by atoms with van der Waals surface area (Å²) < 4.78 is 6.69. The molecule has 23 heavy (non-hydrogen) atoms. The van der Waals surface area contributed by atoms with Crippen LogP contribution in [0.5, 0.6) is 0 Å². The Morgan fingerprint density at radius 3 is 2.65 bits per heavy atom. The van der Waals surface area contributed by atoms with Crippen molar-refractivity contribution in [1.29, 1.82) is 0 Å². The van der Waals surface area contributed by atoms with Gasteiger partial charge in [0.15, 0.2) is 0 Å². The van der Waals surface area contributed by atoms with Crippen LogP contribution in [0, 0.1) is 0 Å². The van der Waals surface area contributed by atoms with Crippen LogP contribution >= 0.6 is 0 Å². The first kappa shape index (κ1) is 15.1. The molecule has 5 heteroatoms. The lowest BCUT2D eigenvalue weighted by molar-refractivity contribution is -0.142. The van der Waals surface area contributed by atoms with Gasteiger partial charge in [-0.1, -0.05) is 42.5 Å². The standard InChI is InChI=1S/C18H18N2O3/c1-2-23-16(21)11-14-9-6-10-15-17(14)20(18(22)19-15)12-13-7-4-3-5-8-13/h3-10H,2,11-12H2,1H3,(H,19,22). The Hall–Kier alpha value is -2.82.